The third kappa shape index (κ3) is 4.43. The zero-order valence-corrected chi connectivity index (χ0v) is 15.9. The third-order valence-corrected chi connectivity index (χ3v) is 7.32. The average molecular weight is 383 g/mol. The SMILES string of the molecule is O=C(NCC1CCCCC1)c1ccc(F)c(S(=O)(=O)N2CCCCC2)c1. The lowest BCUT2D eigenvalue weighted by molar-refractivity contribution is 0.0943. The van der Waals surface area contributed by atoms with Crippen molar-refractivity contribution in [2.75, 3.05) is 19.6 Å². The summed E-state index contributed by atoms with van der Waals surface area (Å²) in [6.45, 7) is 1.39. The molecule has 0 bridgehead atoms. The third-order valence-electron chi connectivity index (χ3n) is 5.40. The van der Waals surface area contributed by atoms with Gasteiger partial charge in [0.1, 0.15) is 10.7 Å². The number of halogens is 1. The minimum atomic E-state index is -3.91. The highest BCUT2D eigenvalue weighted by atomic mass is 32.2. The van der Waals surface area contributed by atoms with Crippen LogP contribution in [0.3, 0.4) is 0 Å². The maximum atomic E-state index is 14.2. The van der Waals surface area contributed by atoms with Gasteiger partial charge in [-0.05, 0) is 49.8 Å². The van der Waals surface area contributed by atoms with Crippen LogP contribution in [0.1, 0.15) is 61.7 Å². The van der Waals surface area contributed by atoms with Crippen molar-refractivity contribution < 1.29 is 17.6 Å². The van der Waals surface area contributed by atoms with Crippen molar-refractivity contribution >= 4 is 15.9 Å². The van der Waals surface area contributed by atoms with Gasteiger partial charge in [0.25, 0.3) is 5.91 Å². The normalized spacial score (nSPS) is 20.0. The molecule has 1 aromatic carbocycles. The minimum absolute atomic E-state index is 0.192. The van der Waals surface area contributed by atoms with Gasteiger partial charge in [-0.25, -0.2) is 12.8 Å². The molecule has 0 atom stereocenters. The van der Waals surface area contributed by atoms with E-state index in [1.165, 1.54) is 35.7 Å². The van der Waals surface area contributed by atoms with E-state index in [-0.39, 0.29) is 11.5 Å². The van der Waals surface area contributed by atoms with E-state index in [2.05, 4.69) is 5.32 Å². The number of hydrogen-bond acceptors (Lipinski definition) is 3. The van der Waals surface area contributed by atoms with Gasteiger partial charge < -0.3 is 5.32 Å². The van der Waals surface area contributed by atoms with Crippen molar-refractivity contribution in [3.8, 4) is 0 Å². The first-order chi connectivity index (χ1) is 12.5. The van der Waals surface area contributed by atoms with E-state index in [0.29, 0.717) is 25.6 Å². The number of rotatable bonds is 5. The van der Waals surface area contributed by atoms with Crippen molar-refractivity contribution in [3.05, 3.63) is 29.6 Å². The smallest absolute Gasteiger partial charge is 0.251 e. The molecule has 1 aliphatic carbocycles. The van der Waals surface area contributed by atoms with E-state index in [4.69, 9.17) is 0 Å². The van der Waals surface area contributed by atoms with Gasteiger partial charge in [-0.3, -0.25) is 4.79 Å². The van der Waals surface area contributed by atoms with Crippen molar-refractivity contribution in [2.24, 2.45) is 5.92 Å². The first kappa shape index (κ1) is 19.3. The van der Waals surface area contributed by atoms with Gasteiger partial charge >= 0.3 is 0 Å². The van der Waals surface area contributed by atoms with Crippen LogP contribution in [0.5, 0.6) is 0 Å². The monoisotopic (exact) mass is 382 g/mol. The molecule has 144 valence electrons. The fourth-order valence-electron chi connectivity index (χ4n) is 3.82. The van der Waals surface area contributed by atoms with Gasteiger partial charge in [0.2, 0.25) is 10.0 Å². The van der Waals surface area contributed by atoms with E-state index < -0.39 is 20.7 Å². The quantitative estimate of drug-likeness (QED) is 0.850. The highest BCUT2D eigenvalue weighted by molar-refractivity contribution is 7.89. The summed E-state index contributed by atoms with van der Waals surface area (Å²) in [5.74, 6) is -0.672. The Kier molecular flexibility index (Phi) is 6.29. The maximum Gasteiger partial charge on any atom is 0.251 e. The standard InChI is InChI=1S/C19H27FN2O3S/c20-17-10-9-16(19(23)21-14-15-7-3-1-4-8-15)13-18(17)26(24,25)22-11-5-2-6-12-22/h9-10,13,15H,1-8,11-12,14H2,(H,21,23). The van der Waals surface area contributed by atoms with Gasteiger partial charge in [-0.15, -0.1) is 0 Å². The van der Waals surface area contributed by atoms with Crippen molar-refractivity contribution in [3.63, 3.8) is 0 Å². The van der Waals surface area contributed by atoms with Crippen LogP contribution in [-0.2, 0) is 10.0 Å². The molecule has 1 saturated heterocycles. The Labute approximate surface area is 155 Å². The van der Waals surface area contributed by atoms with Crippen molar-refractivity contribution in [1.82, 2.24) is 9.62 Å². The second-order valence-electron chi connectivity index (χ2n) is 7.32. The Bertz CT molecular complexity index is 739. The van der Waals surface area contributed by atoms with E-state index >= 15 is 0 Å². The van der Waals surface area contributed by atoms with Crippen LogP contribution in [0.15, 0.2) is 23.1 Å². The zero-order chi connectivity index (χ0) is 18.6. The Morgan fingerprint density at radius 2 is 1.73 bits per heavy atom. The molecule has 1 aromatic rings. The lowest BCUT2D eigenvalue weighted by Crippen LogP contribution is -2.36. The van der Waals surface area contributed by atoms with E-state index in [1.807, 2.05) is 0 Å². The van der Waals surface area contributed by atoms with Crippen LogP contribution in [-0.4, -0.2) is 38.3 Å². The molecule has 1 N–H and O–H groups in total. The molecule has 0 spiro atoms. The number of amides is 1. The summed E-state index contributed by atoms with van der Waals surface area (Å²) in [5.41, 5.74) is 0.192. The van der Waals surface area contributed by atoms with Gasteiger partial charge in [-0.2, -0.15) is 4.31 Å². The average Bonchev–Trinajstić information content (AvgIpc) is 2.68. The van der Waals surface area contributed by atoms with Crippen LogP contribution < -0.4 is 5.32 Å². The first-order valence-corrected chi connectivity index (χ1v) is 11.0. The number of benzene rings is 1. The summed E-state index contributed by atoms with van der Waals surface area (Å²) in [6.07, 6.45) is 8.39. The molecular weight excluding hydrogens is 355 g/mol. The van der Waals surface area contributed by atoms with Crippen LogP contribution in [0, 0.1) is 11.7 Å². The summed E-state index contributed by atoms with van der Waals surface area (Å²) in [5, 5.41) is 2.88. The molecule has 3 rings (SSSR count). The predicted molar refractivity (Wildman–Crippen MR) is 97.9 cm³/mol. The minimum Gasteiger partial charge on any atom is -0.352 e. The van der Waals surface area contributed by atoms with E-state index in [9.17, 15) is 17.6 Å². The topological polar surface area (TPSA) is 66.5 Å². The maximum absolute atomic E-state index is 14.2. The Hall–Kier alpha value is -1.47. The Morgan fingerprint density at radius 1 is 1.08 bits per heavy atom. The summed E-state index contributed by atoms with van der Waals surface area (Å²) < 4.78 is 41.0. The van der Waals surface area contributed by atoms with Crippen LogP contribution >= 0.6 is 0 Å². The number of nitrogens with zero attached hydrogens (tertiary/aromatic N) is 1. The van der Waals surface area contributed by atoms with Gasteiger partial charge in [0.05, 0.1) is 0 Å². The van der Waals surface area contributed by atoms with Gasteiger partial charge in [0.15, 0.2) is 0 Å². The first-order valence-electron chi connectivity index (χ1n) is 9.56. The number of nitrogens with one attached hydrogen (secondary N) is 1. The molecular formula is C19H27FN2O3S. The highest BCUT2D eigenvalue weighted by Crippen LogP contribution is 2.25. The highest BCUT2D eigenvalue weighted by Gasteiger charge is 2.29. The number of carbonyl (C=O) groups is 1. The number of piperidine rings is 1. The second kappa shape index (κ2) is 8.48. The van der Waals surface area contributed by atoms with Crippen LogP contribution in [0.4, 0.5) is 4.39 Å². The molecule has 0 radical (unpaired) electrons. The molecule has 1 amide bonds. The molecule has 7 heteroatoms. The van der Waals surface area contributed by atoms with E-state index in [1.54, 1.807) is 0 Å². The molecule has 2 fully saturated rings. The lowest BCUT2D eigenvalue weighted by Gasteiger charge is -2.26. The number of sulfonamides is 1. The summed E-state index contributed by atoms with van der Waals surface area (Å²) in [4.78, 5) is 12.0. The fourth-order valence-corrected chi connectivity index (χ4v) is 5.42. The largest absolute Gasteiger partial charge is 0.352 e. The molecule has 0 aromatic heterocycles. The lowest BCUT2D eigenvalue weighted by atomic mass is 9.89. The predicted octanol–water partition coefficient (Wildman–Crippen LogP) is 3.31. The van der Waals surface area contributed by atoms with Gasteiger partial charge in [0, 0.05) is 25.2 Å². The molecule has 1 aliphatic heterocycles. The van der Waals surface area contributed by atoms with Gasteiger partial charge in [-0.1, -0.05) is 25.7 Å². The van der Waals surface area contributed by atoms with Crippen molar-refractivity contribution in [1.29, 1.82) is 0 Å². The summed E-state index contributed by atoms with van der Waals surface area (Å²) in [7, 11) is -3.91. The van der Waals surface area contributed by atoms with Crippen LogP contribution in [0.2, 0.25) is 0 Å². The number of carbonyl (C=O) groups excluding carboxylic acids is 1. The van der Waals surface area contributed by atoms with Crippen LogP contribution in [0.25, 0.3) is 0 Å². The molecule has 2 aliphatic rings. The Morgan fingerprint density at radius 3 is 2.42 bits per heavy atom. The Balaban J connectivity index is 1.73. The number of hydrogen-bond donors (Lipinski definition) is 1. The van der Waals surface area contributed by atoms with E-state index in [0.717, 1.165) is 38.2 Å². The summed E-state index contributed by atoms with van der Waals surface area (Å²) in [6, 6.07) is 3.60. The molecule has 5 nitrogen and oxygen atoms in total. The zero-order valence-electron chi connectivity index (χ0n) is 15.0. The molecule has 1 heterocycles. The summed E-state index contributed by atoms with van der Waals surface area (Å²) >= 11 is 0. The second-order valence-corrected chi connectivity index (χ2v) is 9.23. The molecule has 0 unspecified atom stereocenters. The molecule has 1 saturated carbocycles. The fraction of sp³-hybridized carbons (Fsp3) is 0.632. The van der Waals surface area contributed by atoms with Crippen molar-refractivity contribution in [2.45, 2.75) is 56.3 Å². The molecule has 26 heavy (non-hydrogen) atoms.